The van der Waals surface area contributed by atoms with Crippen molar-refractivity contribution in [2.24, 2.45) is 5.92 Å². The second-order valence-electron chi connectivity index (χ2n) is 7.11. The minimum Gasteiger partial charge on any atom is -0.353 e. The van der Waals surface area contributed by atoms with Crippen LogP contribution in [0.4, 0.5) is 0 Å². The number of carbonyl (C=O) groups excluding carboxylic acids is 2. The third-order valence-electron chi connectivity index (χ3n) is 5.33. The molecule has 1 saturated heterocycles. The van der Waals surface area contributed by atoms with E-state index < -0.39 is 0 Å². The van der Waals surface area contributed by atoms with Gasteiger partial charge >= 0.3 is 0 Å². The number of amides is 2. The van der Waals surface area contributed by atoms with Crippen molar-refractivity contribution in [1.82, 2.24) is 10.2 Å². The van der Waals surface area contributed by atoms with Crippen LogP contribution in [0.15, 0.2) is 17.5 Å². The molecule has 2 aliphatic rings. The van der Waals surface area contributed by atoms with Crippen LogP contribution in [-0.4, -0.2) is 35.8 Å². The van der Waals surface area contributed by atoms with Crippen LogP contribution >= 0.6 is 11.3 Å². The molecule has 4 nitrogen and oxygen atoms in total. The van der Waals surface area contributed by atoms with E-state index in [0.29, 0.717) is 25.6 Å². The van der Waals surface area contributed by atoms with Gasteiger partial charge < -0.3 is 10.2 Å². The average molecular weight is 349 g/mol. The molecule has 1 aromatic heterocycles. The first-order valence-corrected chi connectivity index (χ1v) is 10.2. The first-order chi connectivity index (χ1) is 11.7. The summed E-state index contributed by atoms with van der Waals surface area (Å²) in [5, 5.41) is 5.27. The van der Waals surface area contributed by atoms with Gasteiger partial charge in [0.2, 0.25) is 11.8 Å². The molecule has 0 atom stereocenters. The fourth-order valence-electron chi connectivity index (χ4n) is 3.81. The van der Waals surface area contributed by atoms with E-state index in [-0.39, 0.29) is 17.7 Å². The Morgan fingerprint density at radius 3 is 2.42 bits per heavy atom. The molecule has 3 rings (SSSR count). The average Bonchev–Trinajstić information content (AvgIpc) is 2.97. The summed E-state index contributed by atoms with van der Waals surface area (Å²) in [5.41, 5.74) is 0. The molecular weight excluding hydrogens is 320 g/mol. The Morgan fingerprint density at radius 2 is 1.79 bits per heavy atom. The van der Waals surface area contributed by atoms with E-state index in [4.69, 9.17) is 0 Å². The number of carbonyl (C=O) groups is 2. The Balaban J connectivity index is 1.42. The molecule has 2 heterocycles. The van der Waals surface area contributed by atoms with Crippen molar-refractivity contribution in [3.8, 4) is 0 Å². The van der Waals surface area contributed by atoms with Crippen molar-refractivity contribution < 1.29 is 9.59 Å². The molecule has 0 bridgehead atoms. The Kier molecular flexibility index (Phi) is 6.30. The molecule has 1 aromatic rings. The van der Waals surface area contributed by atoms with E-state index >= 15 is 0 Å². The van der Waals surface area contributed by atoms with Crippen LogP contribution in [0.25, 0.3) is 0 Å². The Bertz CT molecular complexity index is 528. The molecule has 24 heavy (non-hydrogen) atoms. The predicted octanol–water partition coefficient (Wildman–Crippen LogP) is 3.37. The number of piperidine rings is 1. The van der Waals surface area contributed by atoms with Crippen molar-refractivity contribution in [3.63, 3.8) is 0 Å². The standard InChI is InChI=1S/C19H28N2O2S/c22-18(14-17-8-5-13-24-17)21-11-9-15(10-12-21)19(23)20-16-6-3-1-2-4-7-16/h5,8,13,15-16H,1-4,6-7,9-12,14H2,(H,20,23). The summed E-state index contributed by atoms with van der Waals surface area (Å²) < 4.78 is 0. The lowest BCUT2D eigenvalue weighted by atomic mass is 9.95. The van der Waals surface area contributed by atoms with Gasteiger partial charge in [-0.2, -0.15) is 0 Å². The van der Waals surface area contributed by atoms with Gasteiger partial charge in [-0.3, -0.25) is 9.59 Å². The highest BCUT2D eigenvalue weighted by Crippen LogP contribution is 2.22. The monoisotopic (exact) mass is 348 g/mol. The number of rotatable bonds is 4. The van der Waals surface area contributed by atoms with Gasteiger partial charge in [0.05, 0.1) is 6.42 Å². The summed E-state index contributed by atoms with van der Waals surface area (Å²) in [7, 11) is 0. The van der Waals surface area contributed by atoms with E-state index in [9.17, 15) is 9.59 Å². The minimum atomic E-state index is 0.0824. The van der Waals surface area contributed by atoms with Gasteiger partial charge in [-0.1, -0.05) is 31.7 Å². The van der Waals surface area contributed by atoms with Gasteiger partial charge in [-0.05, 0) is 37.1 Å². The molecule has 2 fully saturated rings. The summed E-state index contributed by atoms with van der Waals surface area (Å²) in [6.07, 6.45) is 9.43. The van der Waals surface area contributed by atoms with Crippen LogP contribution in [0.2, 0.25) is 0 Å². The number of hydrogen-bond acceptors (Lipinski definition) is 3. The third-order valence-corrected chi connectivity index (χ3v) is 6.20. The molecule has 1 N–H and O–H groups in total. The van der Waals surface area contributed by atoms with E-state index in [1.54, 1.807) is 11.3 Å². The predicted molar refractivity (Wildman–Crippen MR) is 97.0 cm³/mol. The Morgan fingerprint density at radius 1 is 1.08 bits per heavy atom. The van der Waals surface area contributed by atoms with Gasteiger partial charge in [-0.15, -0.1) is 11.3 Å². The van der Waals surface area contributed by atoms with Crippen molar-refractivity contribution in [1.29, 1.82) is 0 Å². The molecular formula is C19H28N2O2S. The zero-order chi connectivity index (χ0) is 16.8. The van der Waals surface area contributed by atoms with Crippen LogP contribution in [0.3, 0.4) is 0 Å². The molecule has 1 aliphatic carbocycles. The largest absolute Gasteiger partial charge is 0.353 e. The molecule has 132 valence electrons. The third kappa shape index (κ3) is 4.82. The summed E-state index contributed by atoms with van der Waals surface area (Å²) >= 11 is 1.63. The van der Waals surface area contributed by atoms with E-state index in [1.165, 1.54) is 25.7 Å². The number of hydrogen-bond donors (Lipinski definition) is 1. The summed E-state index contributed by atoms with van der Waals surface area (Å²) in [5.74, 6) is 0.492. The smallest absolute Gasteiger partial charge is 0.227 e. The highest BCUT2D eigenvalue weighted by atomic mass is 32.1. The molecule has 0 radical (unpaired) electrons. The second kappa shape index (κ2) is 8.65. The number of nitrogens with one attached hydrogen (secondary N) is 1. The van der Waals surface area contributed by atoms with Crippen LogP contribution < -0.4 is 5.32 Å². The summed E-state index contributed by atoms with van der Waals surface area (Å²) in [6.45, 7) is 1.43. The fourth-order valence-corrected chi connectivity index (χ4v) is 4.50. The fraction of sp³-hybridized carbons (Fsp3) is 0.684. The normalized spacial score (nSPS) is 20.6. The molecule has 1 saturated carbocycles. The van der Waals surface area contributed by atoms with E-state index in [0.717, 1.165) is 30.6 Å². The molecule has 1 aliphatic heterocycles. The summed E-state index contributed by atoms with van der Waals surface area (Å²) in [4.78, 5) is 27.9. The molecule has 5 heteroatoms. The zero-order valence-corrected chi connectivity index (χ0v) is 15.2. The maximum absolute atomic E-state index is 12.5. The maximum Gasteiger partial charge on any atom is 0.227 e. The van der Waals surface area contributed by atoms with Gasteiger partial charge in [0.25, 0.3) is 0 Å². The highest BCUT2D eigenvalue weighted by molar-refractivity contribution is 7.10. The van der Waals surface area contributed by atoms with Crippen LogP contribution in [0, 0.1) is 5.92 Å². The molecule has 0 aromatic carbocycles. The van der Waals surface area contributed by atoms with Crippen LogP contribution in [-0.2, 0) is 16.0 Å². The van der Waals surface area contributed by atoms with Gasteiger partial charge in [0, 0.05) is 29.9 Å². The van der Waals surface area contributed by atoms with E-state index in [1.807, 2.05) is 22.4 Å². The highest BCUT2D eigenvalue weighted by Gasteiger charge is 2.28. The molecule has 0 spiro atoms. The SMILES string of the molecule is O=C(NC1CCCCCC1)C1CCN(C(=O)Cc2cccs2)CC1. The quantitative estimate of drug-likeness (QED) is 0.848. The van der Waals surface area contributed by atoms with Gasteiger partial charge in [0.1, 0.15) is 0 Å². The van der Waals surface area contributed by atoms with E-state index in [2.05, 4.69) is 5.32 Å². The first-order valence-electron chi connectivity index (χ1n) is 9.33. The van der Waals surface area contributed by atoms with Crippen molar-refractivity contribution in [3.05, 3.63) is 22.4 Å². The minimum absolute atomic E-state index is 0.0824. The van der Waals surface area contributed by atoms with Gasteiger partial charge in [0.15, 0.2) is 0 Å². The Hall–Kier alpha value is -1.36. The molecule has 2 amide bonds. The number of thiophene rings is 1. The second-order valence-corrected chi connectivity index (χ2v) is 8.14. The van der Waals surface area contributed by atoms with Crippen molar-refractivity contribution in [2.45, 2.75) is 63.8 Å². The zero-order valence-electron chi connectivity index (χ0n) is 14.3. The number of likely N-dealkylation sites (tertiary alicyclic amines) is 1. The lowest BCUT2D eigenvalue weighted by Crippen LogP contribution is -2.45. The first kappa shape index (κ1) is 17.5. The summed E-state index contributed by atoms with van der Waals surface area (Å²) in [6, 6.07) is 4.37. The van der Waals surface area contributed by atoms with Crippen LogP contribution in [0.5, 0.6) is 0 Å². The van der Waals surface area contributed by atoms with Crippen molar-refractivity contribution in [2.75, 3.05) is 13.1 Å². The van der Waals surface area contributed by atoms with Gasteiger partial charge in [-0.25, -0.2) is 0 Å². The number of nitrogens with zero attached hydrogens (tertiary/aromatic N) is 1. The maximum atomic E-state index is 12.5. The van der Waals surface area contributed by atoms with Crippen LogP contribution in [0.1, 0.15) is 56.2 Å². The lowest BCUT2D eigenvalue weighted by Gasteiger charge is -2.32. The lowest BCUT2D eigenvalue weighted by molar-refractivity contribution is -0.135. The Labute approximate surface area is 148 Å². The molecule has 0 unspecified atom stereocenters. The topological polar surface area (TPSA) is 49.4 Å². The van der Waals surface area contributed by atoms with Crippen molar-refractivity contribution >= 4 is 23.2 Å².